The van der Waals surface area contributed by atoms with E-state index >= 15 is 0 Å². The zero-order chi connectivity index (χ0) is 20.5. The van der Waals surface area contributed by atoms with Crippen LogP contribution in [0.15, 0.2) is 29.6 Å². The van der Waals surface area contributed by atoms with Gasteiger partial charge in [0.15, 0.2) is 0 Å². The molecule has 1 saturated heterocycles. The number of hydrogen-bond acceptors (Lipinski definition) is 5. The smallest absolute Gasteiger partial charge is 0.226 e. The van der Waals surface area contributed by atoms with E-state index in [1.807, 2.05) is 24.5 Å². The monoisotopic (exact) mass is 384 g/mol. The standard InChI is InChI=1S/C22H32N4O2/c1-21(2,3)17-13-16(14-18(19(17)27)22(4,5)6)15-24-26-8-7-23-20(26)25-9-11-28-12-10-25/h7-8,13-15,27H,9-12H2,1-6H3. The summed E-state index contributed by atoms with van der Waals surface area (Å²) >= 11 is 0. The summed E-state index contributed by atoms with van der Waals surface area (Å²) in [6, 6.07) is 4.05. The SMILES string of the molecule is CC(C)(C)c1cc(C=Nn2ccnc2N2CCOCC2)cc(C(C)(C)C)c1O. The van der Waals surface area contributed by atoms with Gasteiger partial charge in [0.25, 0.3) is 0 Å². The Morgan fingerprint density at radius 2 is 1.61 bits per heavy atom. The summed E-state index contributed by atoms with van der Waals surface area (Å²) in [5.74, 6) is 1.21. The number of hydrogen-bond donors (Lipinski definition) is 1. The molecule has 1 fully saturated rings. The molecule has 2 heterocycles. The van der Waals surface area contributed by atoms with Crippen molar-refractivity contribution in [1.29, 1.82) is 0 Å². The van der Waals surface area contributed by atoms with E-state index < -0.39 is 0 Å². The molecule has 1 aromatic heterocycles. The average molecular weight is 385 g/mol. The number of benzene rings is 1. The second kappa shape index (κ2) is 7.59. The second-order valence-corrected chi connectivity index (χ2v) is 9.38. The molecule has 28 heavy (non-hydrogen) atoms. The Kier molecular flexibility index (Phi) is 5.53. The number of phenolic OH excluding ortho intramolecular Hbond substituents is 1. The highest BCUT2D eigenvalue weighted by Crippen LogP contribution is 2.39. The van der Waals surface area contributed by atoms with E-state index in [2.05, 4.69) is 56.5 Å². The first-order valence-corrected chi connectivity index (χ1v) is 9.86. The molecule has 3 rings (SSSR count). The van der Waals surface area contributed by atoms with Crippen LogP contribution in [0.2, 0.25) is 0 Å². The Hall–Kier alpha value is -2.34. The molecule has 0 unspecified atom stereocenters. The molecule has 0 amide bonds. The third kappa shape index (κ3) is 4.38. The lowest BCUT2D eigenvalue weighted by atomic mass is 9.78. The van der Waals surface area contributed by atoms with Gasteiger partial charge in [-0.1, -0.05) is 41.5 Å². The number of rotatable bonds is 3. The van der Waals surface area contributed by atoms with E-state index in [0.717, 1.165) is 35.7 Å². The van der Waals surface area contributed by atoms with Crippen LogP contribution in [0.3, 0.4) is 0 Å². The molecule has 1 aliphatic heterocycles. The number of nitrogens with zero attached hydrogens (tertiary/aromatic N) is 4. The summed E-state index contributed by atoms with van der Waals surface area (Å²) in [6.07, 6.45) is 5.46. The molecule has 6 nitrogen and oxygen atoms in total. The van der Waals surface area contributed by atoms with Crippen molar-refractivity contribution in [2.75, 3.05) is 31.2 Å². The fourth-order valence-electron chi connectivity index (χ4n) is 3.37. The predicted octanol–water partition coefficient (Wildman–Crippen LogP) is 3.90. The van der Waals surface area contributed by atoms with Gasteiger partial charge in [0.2, 0.25) is 5.95 Å². The number of morpholine rings is 1. The molecular formula is C22H32N4O2. The molecular weight excluding hydrogens is 352 g/mol. The van der Waals surface area contributed by atoms with Gasteiger partial charge < -0.3 is 14.7 Å². The topological polar surface area (TPSA) is 62.9 Å². The van der Waals surface area contributed by atoms with E-state index in [9.17, 15) is 5.11 Å². The summed E-state index contributed by atoms with van der Waals surface area (Å²) in [5, 5.41) is 15.5. The van der Waals surface area contributed by atoms with Crippen molar-refractivity contribution in [1.82, 2.24) is 9.66 Å². The highest BCUT2D eigenvalue weighted by atomic mass is 16.5. The quantitative estimate of drug-likeness (QED) is 0.815. The summed E-state index contributed by atoms with van der Waals surface area (Å²) in [7, 11) is 0. The van der Waals surface area contributed by atoms with Gasteiger partial charge in [0.1, 0.15) is 5.75 Å². The minimum Gasteiger partial charge on any atom is -0.507 e. The molecule has 0 aliphatic carbocycles. The first-order chi connectivity index (χ1) is 13.1. The lowest BCUT2D eigenvalue weighted by Crippen LogP contribution is -2.37. The summed E-state index contributed by atoms with van der Waals surface area (Å²) in [4.78, 5) is 6.64. The third-order valence-electron chi connectivity index (χ3n) is 4.98. The second-order valence-electron chi connectivity index (χ2n) is 9.38. The molecule has 0 saturated carbocycles. The first kappa shape index (κ1) is 20.4. The first-order valence-electron chi connectivity index (χ1n) is 9.86. The van der Waals surface area contributed by atoms with Crippen LogP contribution >= 0.6 is 0 Å². The largest absolute Gasteiger partial charge is 0.507 e. The third-order valence-corrected chi connectivity index (χ3v) is 4.98. The summed E-state index contributed by atoms with van der Waals surface area (Å²) in [6.45, 7) is 15.7. The van der Waals surface area contributed by atoms with Gasteiger partial charge in [-0.25, -0.2) is 9.66 Å². The van der Waals surface area contributed by atoms with Gasteiger partial charge in [-0.15, -0.1) is 0 Å². The van der Waals surface area contributed by atoms with E-state index in [1.165, 1.54) is 0 Å². The van der Waals surface area contributed by atoms with Gasteiger partial charge in [-0.05, 0) is 28.5 Å². The molecule has 152 valence electrons. The summed E-state index contributed by atoms with van der Waals surface area (Å²) in [5.41, 5.74) is 2.50. The van der Waals surface area contributed by atoms with Crippen LogP contribution in [-0.4, -0.2) is 47.3 Å². The Balaban J connectivity index is 1.98. The minimum absolute atomic E-state index is 0.165. The summed E-state index contributed by atoms with van der Waals surface area (Å²) < 4.78 is 7.22. The molecule has 0 atom stereocenters. The van der Waals surface area contributed by atoms with Gasteiger partial charge in [-0.2, -0.15) is 5.10 Å². The fourth-order valence-corrected chi connectivity index (χ4v) is 3.37. The highest BCUT2D eigenvalue weighted by molar-refractivity contribution is 5.81. The number of aromatic nitrogens is 2. The Morgan fingerprint density at radius 3 is 2.14 bits per heavy atom. The fraction of sp³-hybridized carbons (Fsp3) is 0.545. The van der Waals surface area contributed by atoms with Crippen LogP contribution in [-0.2, 0) is 15.6 Å². The number of anilines is 1. The van der Waals surface area contributed by atoms with E-state index in [0.29, 0.717) is 19.0 Å². The maximum Gasteiger partial charge on any atom is 0.226 e. The lowest BCUT2D eigenvalue weighted by Gasteiger charge is -2.28. The minimum atomic E-state index is -0.165. The molecule has 2 aromatic rings. The van der Waals surface area contributed by atoms with Crippen molar-refractivity contribution in [3.63, 3.8) is 0 Å². The van der Waals surface area contributed by atoms with Crippen molar-refractivity contribution in [3.8, 4) is 5.75 Å². The number of phenols is 1. The van der Waals surface area contributed by atoms with Crippen LogP contribution in [0, 0.1) is 0 Å². The van der Waals surface area contributed by atoms with Crippen molar-refractivity contribution < 1.29 is 9.84 Å². The Bertz CT molecular complexity index is 815. The van der Waals surface area contributed by atoms with E-state index in [1.54, 1.807) is 10.9 Å². The molecule has 1 aromatic carbocycles. The van der Waals surface area contributed by atoms with Crippen molar-refractivity contribution in [2.24, 2.45) is 5.10 Å². The van der Waals surface area contributed by atoms with Crippen LogP contribution in [0.5, 0.6) is 5.75 Å². The van der Waals surface area contributed by atoms with Gasteiger partial charge >= 0.3 is 0 Å². The molecule has 0 bridgehead atoms. The van der Waals surface area contributed by atoms with Crippen molar-refractivity contribution >= 4 is 12.2 Å². The maximum atomic E-state index is 10.9. The zero-order valence-electron chi connectivity index (χ0n) is 17.9. The number of imidazole rings is 1. The highest BCUT2D eigenvalue weighted by Gasteiger charge is 2.26. The lowest BCUT2D eigenvalue weighted by molar-refractivity contribution is 0.121. The Morgan fingerprint density at radius 1 is 1.04 bits per heavy atom. The van der Waals surface area contributed by atoms with Crippen LogP contribution in [0.1, 0.15) is 58.2 Å². The molecule has 6 heteroatoms. The predicted molar refractivity (Wildman–Crippen MR) is 114 cm³/mol. The van der Waals surface area contributed by atoms with Gasteiger partial charge in [-0.3, -0.25) is 0 Å². The maximum absolute atomic E-state index is 10.9. The molecule has 1 N–H and O–H groups in total. The van der Waals surface area contributed by atoms with Gasteiger partial charge in [0, 0.05) is 30.4 Å². The van der Waals surface area contributed by atoms with Gasteiger partial charge in [0.05, 0.1) is 25.6 Å². The van der Waals surface area contributed by atoms with E-state index in [-0.39, 0.29) is 10.8 Å². The number of aromatic hydroxyl groups is 1. The Labute approximate surface area is 167 Å². The molecule has 0 radical (unpaired) electrons. The van der Waals surface area contributed by atoms with Crippen molar-refractivity contribution in [3.05, 3.63) is 41.2 Å². The molecule has 0 spiro atoms. The van der Waals surface area contributed by atoms with Crippen LogP contribution in [0.4, 0.5) is 5.95 Å². The zero-order valence-corrected chi connectivity index (χ0v) is 17.9. The van der Waals surface area contributed by atoms with Crippen molar-refractivity contribution in [2.45, 2.75) is 52.4 Å². The van der Waals surface area contributed by atoms with E-state index in [4.69, 9.17) is 4.74 Å². The number of ether oxygens (including phenoxy) is 1. The molecule has 1 aliphatic rings. The average Bonchev–Trinajstić information content (AvgIpc) is 3.08. The normalized spacial score (nSPS) is 16.1. The van der Waals surface area contributed by atoms with Crippen LogP contribution in [0.25, 0.3) is 0 Å². The van der Waals surface area contributed by atoms with Crippen LogP contribution < -0.4 is 4.90 Å².